The van der Waals surface area contributed by atoms with Crippen LogP contribution in [-0.2, 0) is 4.79 Å². The standard InChI is InChI=1S/C8H11NO2/c1-2-9-5-3-7(4-6-9)8(10)11/h3-5H,2,6H2,1H3,(H,10,11). The van der Waals surface area contributed by atoms with Gasteiger partial charge in [0.05, 0.1) is 5.57 Å². The minimum atomic E-state index is -0.850. The predicted molar refractivity (Wildman–Crippen MR) is 42.1 cm³/mol. The fraction of sp³-hybridized carbons (Fsp3) is 0.375. The maximum Gasteiger partial charge on any atom is 0.335 e. The first-order valence-corrected chi connectivity index (χ1v) is 3.59. The van der Waals surface area contributed by atoms with Gasteiger partial charge in [-0.25, -0.2) is 4.79 Å². The Labute approximate surface area is 65.6 Å². The van der Waals surface area contributed by atoms with Crippen molar-refractivity contribution in [2.45, 2.75) is 6.92 Å². The zero-order valence-electron chi connectivity index (χ0n) is 6.45. The number of hydrogen-bond donors (Lipinski definition) is 1. The van der Waals surface area contributed by atoms with Crippen molar-refractivity contribution < 1.29 is 9.90 Å². The molecule has 0 radical (unpaired) electrons. The number of aliphatic carboxylic acids is 1. The van der Waals surface area contributed by atoms with Crippen molar-refractivity contribution in [3.05, 3.63) is 23.9 Å². The second kappa shape index (κ2) is 3.23. The molecule has 0 unspecified atom stereocenters. The van der Waals surface area contributed by atoms with Gasteiger partial charge in [0, 0.05) is 19.3 Å². The summed E-state index contributed by atoms with van der Waals surface area (Å²) in [6.07, 6.45) is 5.14. The zero-order chi connectivity index (χ0) is 8.27. The Morgan fingerprint density at radius 3 is 2.91 bits per heavy atom. The Kier molecular flexibility index (Phi) is 2.31. The van der Waals surface area contributed by atoms with Crippen LogP contribution in [0.1, 0.15) is 6.92 Å². The van der Waals surface area contributed by atoms with E-state index in [1.54, 1.807) is 12.2 Å². The maximum atomic E-state index is 10.4. The third-order valence-electron chi connectivity index (χ3n) is 1.66. The van der Waals surface area contributed by atoms with E-state index in [1.807, 2.05) is 18.0 Å². The Balaban J connectivity index is 2.60. The molecule has 0 aromatic carbocycles. The second-order valence-electron chi connectivity index (χ2n) is 2.37. The Morgan fingerprint density at radius 2 is 2.55 bits per heavy atom. The Hall–Kier alpha value is -1.25. The van der Waals surface area contributed by atoms with Gasteiger partial charge in [-0.1, -0.05) is 6.08 Å². The maximum absolute atomic E-state index is 10.4. The first-order chi connectivity index (χ1) is 5.24. The fourth-order valence-electron chi connectivity index (χ4n) is 0.923. The average Bonchev–Trinajstić information content (AvgIpc) is 2.05. The summed E-state index contributed by atoms with van der Waals surface area (Å²) in [6.45, 7) is 3.65. The number of nitrogens with zero attached hydrogens (tertiary/aromatic N) is 1. The molecule has 0 aliphatic carbocycles. The summed E-state index contributed by atoms with van der Waals surface area (Å²) in [7, 11) is 0. The van der Waals surface area contributed by atoms with E-state index in [1.165, 1.54) is 0 Å². The van der Waals surface area contributed by atoms with Crippen LogP contribution in [0.25, 0.3) is 0 Å². The summed E-state index contributed by atoms with van der Waals surface area (Å²) in [6, 6.07) is 0. The van der Waals surface area contributed by atoms with Crippen LogP contribution in [0, 0.1) is 0 Å². The lowest BCUT2D eigenvalue weighted by Gasteiger charge is -2.18. The first kappa shape index (κ1) is 7.85. The molecule has 0 atom stereocenters. The van der Waals surface area contributed by atoms with E-state index in [4.69, 9.17) is 5.11 Å². The van der Waals surface area contributed by atoms with Gasteiger partial charge >= 0.3 is 5.97 Å². The van der Waals surface area contributed by atoms with Gasteiger partial charge in [-0.2, -0.15) is 0 Å². The molecule has 1 aliphatic heterocycles. The number of hydrogen-bond acceptors (Lipinski definition) is 2. The van der Waals surface area contributed by atoms with Crippen LogP contribution in [0.15, 0.2) is 23.9 Å². The molecule has 0 amide bonds. The number of carboxylic acid groups (broad SMARTS) is 1. The van der Waals surface area contributed by atoms with E-state index < -0.39 is 5.97 Å². The topological polar surface area (TPSA) is 40.5 Å². The van der Waals surface area contributed by atoms with Crippen molar-refractivity contribution in [1.29, 1.82) is 0 Å². The molecule has 0 aromatic heterocycles. The highest BCUT2D eigenvalue weighted by molar-refractivity contribution is 5.90. The third-order valence-corrected chi connectivity index (χ3v) is 1.66. The molecule has 0 bridgehead atoms. The van der Waals surface area contributed by atoms with Crippen molar-refractivity contribution in [3.63, 3.8) is 0 Å². The molecule has 3 heteroatoms. The summed E-state index contributed by atoms with van der Waals surface area (Å²) in [4.78, 5) is 12.4. The third kappa shape index (κ3) is 1.83. The Bertz CT molecular complexity index is 218. The lowest BCUT2D eigenvalue weighted by molar-refractivity contribution is -0.132. The number of rotatable bonds is 2. The minimum absolute atomic E-state index is 0.384. The molecule has 1 rings (SSSR count). The molecular formula is C8H11NO2. The van der Waals surface area contributed by atoms with E-state index >= 15 is 0 Å². The van der Waals surface area contributed by atoms with E-state index in [9.17, 15) is 4.79 Å². The Morgan fingerprint density at radius 1 is 1.82 bits per heavy atom. The van der Waals surface area contributed by atoms with Crippen LogP contribution in [0.2, 0.25) is 0 Å². The van der Waals surface area contributed by atoms with Crippen molar-refractivity contribution in [2.75, 3.05) is 13.1 Å². The van der Waals surface area contributed by atoms with E-state index in [0.29, 0.717) is 12.1 Å². The normalized spacial score (nSPS) is 16.5. The summed E-state index contributed by atoms with van der Waals surface area (Å²) >= 11 is 0. The van der Waals surface area contributed by atoms with Crippen LogP contribution >= 0.6 is 0 Å². The van der Waals surface area contributed by atoms with Crippen LogP contribution < -0.4 is 0 Å². The fourth-order valence-corrected chi connectivity index (χ4v) is 0.923. The van der Waals surface area contributed by atoms with Crippen LogP contribution in [-0.4, -0.2) is 29.1 Å². The van der Waals surface area contributed by atoms with Gasteiger partial charge in [-0.3, -0.25) is 0 Å². The lowest BCUT2D eigenvalue weighted by Crippen LogP contribution is -2.20. The van der Waals surface area contributed by atoms with Gasteiger partial charge in [-0.05, 0) is 13.0 Å². The molecule has 0 aromatic rings. The van der Waals surface area contributed by atoms with E-state index in [-0.39, 0.29) is 0 Å². The lowest BCUT2D eigenvalue weighted by atomic mass is 10.2. The summed E-state index contributed by atoms with van der Waals surface area (Å²) in [5.74, 6) is -0.850. The summed E-state index contributed by atoms with van der Waals surface area (Å²) in [5.41, 5.74) is 0.384. The highest BCUT2D eigenvalue weighted by Crippen LogP contribution is 2.05. The van der Waals surface area contributed by atoms with Gasteiger partial charge in [0.25, 0.3) is 0 Å². The molecule has 0 spiro atoms. The van der Waals surface area contributed by atoms with Crippen LogP contribution in [0.5, 0.6) is 0 Å². The summed E-state index contributed by atoms with van der Waals surface area (Å²) < 4.78 is 0. The monoisotopic (exact) mass is 153 g/mol. The molecule has 1 aliphatic rings. The largest absolute Gasteiger partial charge is 0.478 e. The highest BCUT2D eigenvalue weighted by Gasteiger charge is 2.07. The van der Waals surface area contributed by atoms with Crippen molar-refractivity contribution in [3.8, 4) is 0 Å². The quantitative estimate of drug-likeness (QED) is 0.639. The van der Waals surface area contributed by atoms with Gasteiger partial charge in [0.2, 0.25) is 0 Å². The number of carboxylic acids is 1. The highest BCUT2D eigenvalue weighted by atomic mass is 16.4. The number of carbonyl (C=O) groups is 1. The first-order valence-electron chi connectivity index (χ1n) is 3.59. The molecular weight excluding hydrogens is 142 g/mol. The molecule has 1 heterocycles. The van der Waals surface area contributed by atoms with Gasteiger partial charge < -0.3 is 10.0 Å². The number of likely N-dealkylation sites (N-methyl/N-ethyl adjacent to an activating group) is 1. The summed E-state index contributed by atoms with van der Waals surface area (Å²) in [5, 5.41) is 8.56. The van der Waals surface area contributed by atoms with E-state index in [2.05, 4.69) is 0 Å². The molecule has 11 heavy (non-hydrogen) atoms. The molecule has 1 N–H and O–H groups in total. The van der Waals surface area contributed by atoms with Gasteiger partial charge in [0.15, 0.2) is 0 Å². The van der Waals surface area contributed by atoms with Crippen LogP contribution in [0.3, 0.4) is 0 Å². The smallest absolute Gasteiger partial charge is 0.335 e. The van der Waals surface area contributed by atoms with E-state index in [0.717, 1.165) is 6.54 Å². The van der Waals surface area contributed by atoms with Gasteiger partial charge in [-0.15, -0.1) is 0 Å². The van der Waals surface area contributed by atoms with Crippen molar-refractivity contribution in [1.82, 2.24) is 4.90 Å². The molecule has 0 saturated carbocycles. The van der Waals surface area contributed by atoms with Crippen molar-refractivity contribution >= 4 is 5.97 Å². The molecule has 0 fully saturated rings. The minimum Gasteiger partial charge on any atom is -0.478 e. The molecule has 0 saturated heterocycles. The zero-order valence-corrected chi connectivity index (χ0v) is 6.45. The van der Waals surface area contributed by atoms with Gasteiger partial charge in [0.1, 0.15) is 0 Å². The van der Waals surface area contributed by atoms with Crippen LogP contribution in [0.4, 0.5) is 0 Å². The second-order valence-corrected chi connectivity index (χ2v) is 2.37. The SMILES string of the molecule is CCN1C=CC(C(=O)O)=CC1. The average molecular weight is 153 g/mol. The molecule has 3 nitrogen and oxygen atoms in total. The van der Waals surface area contributed by atoms with Crippen molar-refractivity contribution in [2.24, 2.45) is 0 Å². The predicted octanol–water partition coefficient (Wildman–Crippen LogP) is 0.847. The molecule has 60 valence electrons.